The first-order valence-corrected chi connectivity index (χ1v) is 5.60. The van der Waals surface area contributed by atoms with Crippen molar-refractivity contribution < 1.29 is 5.11 Å². The van der Waals surface area contributed by atoms with E-state index in [0.29, 0.717) is 0 Å². The van der Waals surface area contributed by atoms with Gasteiger partial charge in [0.25, 0.3) is 0 Å². The van der Waals surface area contributed by atoms with E-state index in [2.05, 4.69) is 18.2 Å². The van der Waals surface area contributed by atoms with Crippen LogP contribution in [0.4, 0.5) is 0 Å². The molecule has 1 heteroatoms. The molecule has 1 saturated carbocycles. The molecule has 0 spiro atoms. The predicted octanol–water partition coefficient (Wildman–Crippen LogP) is 3.23. The highest BCUT2D eigenvalue weighted by Crippen LogP contribution is 2.32. The largest absolute Gasteiger partial charge is 0.392 e. The molecule has 0 atom stereocenters. The third kappa shape index (κ3) is 2.16. The molecule has 1 aliphatic carbocycles. The monoisotopic (exact) mass is 190 g/mol. The van der Waals surface area contributed by atoms with Crippen LogP contribution in [0.15, 0.2) is 24.3 Å². The molecule has 1 nitrogen and oxygen atoms in total. The number of hydrogen-bond acceptors (Lipinski definition) is 1. The van der Waals surface area contributed by atoms with Gasteiger partial charge < -0.3 is 5.11 Å². The fraction of sp³-hybridized carbons (Fsp3) is 0.538. The van der Waals surface area contributed by atoms with Crippen LogP contribution in [0.2, 0.25) is 0 Å². The summed E-state index contributed by atoms with van der Waals surface area (Å²) in [5.74, 6) is 0.746. The normalized spacial score (nSPS) is 18.4. The highest BCUT2D eigenvalue weighted by atomic mass is 16.3. The smallest absolute Gasteiger partial charge is 0.0681 e. The molecular weight excluding hydrogens is 172 g/mol. The molecule has 76 valence electrons. The summed E-state index contributed by atoms with van der Waals surface area (Å²) < 4.78 is 0. The van der Waals surface area contributed by atoms with Crippen molar-refractivity contribution >= 4 is 0 Å². The van der Waals surface area contributed by atoms with Gasteiger partial charge in [-0.1, -0.05) is 43.5 Å². The molecule has 2 rings (SSSR count). The Balaban J connectivity index is 2.13. The second kappa shape index (κ2) is 4.61. The zero-order valence-corrected chi connectivity index (χ0v) is 8.58. The first-order chi connectivity index (χ1) is 6.90. The quantitative estimate of drug-likeness (QED) is 0.759. The van der Waals surface area contributed by atoms with Crippen molar-refractivity contribution in [2.75, 3.05) is 0 Å². The number of rotatable bonds is 2. The van der Waals surface area contributed by atoms with E-state index in [1.54, 1.807) is 0 Å². The standard InChI is InChI=1S/C13H18O/c14-10-11-5-4-8-13(9-11)12-6-2-1-3-7-12/h4-5,8-9,12,14H,1-3,6-7,10H2. The van der Waals surface area contributed by atoms with Crippen LogP contribution in [0.3, 0.4) is 0 Å². The van der Waals surface area contributed by atoms with Gasteiger partial charge in [0, 0.05) is 0 Å². The lowest BCUT2D eigenvalue weighted by atomic mass is 9.84. The van der Waals surface area contributed by atoms with Crippen LogP contribution in [0.5, 0.6) is 0 Å². The van der Waals surface area contributed by atoms with Crippen molar-refractivity contribution in [3.05, 3.63) is 35.4 Å². The summed E-state index contributed by atoms with van der Waals surface area (Å²) in [6.07, 6.45) is 6.79. The Bertz CT molecular complexity index is 287. The maximum Gasteiger partial charge on any atom is 0.0681 e. The maximum absolute atomic E-state index is 9.06. The van der Waals surface area contributed by atoms with Crippen LogP contribution in [0.25, 0.3) is 0 Å². The summed E-state index contributed by atoms with van der Waals surface area (Å²) in [7, 11) is 0. The van der Waals surface area contributed by atoms with Gasteiger partial charge in [-0.15, -0.1) is 0 Å². The third-order valence-electron chi connectivity index (χ3n) is 3.21. The minimum atomic E-state index is 0.167. The average Bonchev–Trinajstić information content (AvgIpc) is 2.30. The number of benzene rings is 1. The summed E-state index contributed by atoms with van der Waals surface area (Å²) >= 11 is 0. The Kier molecular flexibility index (Phi) is 3.20. The first kappa shape index (κ1) is 9.72. The van der Waals surface area contributed by atoms with Gasteiger partial charge in [0.2, 0.25) is 0 Å². The summed E-state index contributed by atoms with van der Waals surface area (Å²) in [6, 6.07) is 8.42. The van der Waals surface area contributed by atoms with E-state index >= 15 is 0 Å². The molecule has 14 heavy (non-hydrogen) atoms. The summed E-state index contributed by atoms with van der Waals surface area (Å²) in [5, 5.41) is 9.06. The lowest BCUT2D eigenvalue weighted by Crippen LogP contribution is -2.04. The van der Waals surface area contributed by atoms with Crippen molar-refractivity contribution in [3.8, 4) is 0 Å². The zero-order chi connectivity index (χ0) is 9.80. The van der Waals surface area contributed by atoms with Crippen LogP contribution in [0.1, 0.15) is 49.1 Å². The number of aliphatic hydroxyl groups is 1. The topological polar surface area (TPSA) is 20.2 Å². The van der Waals surface area contributed by atoms with Gasteiger partial charge in [-0.2, -0.15) is 0 Å². The van der Waals surface area contributed by atoms with Crippen molar-refractivity contribution in [3.63, 3.8) is 0 Å². The lowest BCUT2D eigenvalue weighted by Gasteiger charge is -2.22. The lowest BCUT2D eigenvalue weighted by molar-refractivity contribution is 0.281. The fourth-order valence-corrected chi connectivity index (χ4v) is 2.38. The summed E-state index contributed by atoms with van der Waals surface area (Å²) in [6.45, 7) is 0.167. The molecule has 1 aromatic rings. The zero-order valence-electron chi connectivity index (χ0n) is 8.58. The average molecular weight is 190 g/mol. The predicted molar refractivity (Wildman–Crippen MR) is 58.2 cm³/mol. The highest BCUT2D eigenvalue weighted by molar-refractivity contribution is 5.26. The molecular formula is C13H18O. The van der Waals surface area contributed by atoms with Crippen LogP contribution in [-0.2, 0) is 6.61 Å². The van der Waals surface area contributed by atoms with E-state index in [-0.39, 0.29) is 6.61 Å². The molecule has 0 amide bonds. The van der Waals surface area contributed by atoms with Crippen LogP contribution >= 0.6 is 0 Å². The SMILES string of the molecule is OCc1cccc(C2CCCCC2)c1. The molecule has 0 saturated heterocycles. The Morgan fingerprint density at radius 2 is 1.93 bits per heavy atom. The van der Waals surface area contributed by atoms with Gasteiger partial charge in [0.15, 0.2) is 0 Å². The van der Waals surface area contributed by atoms with Gasteiger partial charge in [-0.3, -0.25) is 0 Å². The molecule has 0 unspecified atom stereocenters. The van der Waals surface area contributed by atoms with E-state index in [1.807, 2.05) is 6.07 Å². The van der Waals surface area contributed by atoms with Gasteiger partial charge in [0.05, 0.1) is 6.61 Å². The van der Waals surface area contributed by atoms with Crippen molar-refractivity contribution in [1.82, 2.24) is 0 Å². The van der Waals surface area contributed by atoms with E-state index in [4.69, 9.17) is 5.11 Å². The Morgan fingerprint density at radius 1 is 1.14 bits per heavy atom. The Morgan fingerprint density at radius 3 is 2.64 bits per heavy atom. The van der Waals surface area contributed by atoms with E-state index in [0.717, 1.165) is 11.5 Å². The molecule has 0 bridgehead atoms. The molecule has 0 heterocycles. The van der Waals surface area contributed by atoms with Gasteiger partial charge >= 0.3 is 0 Å². The fourth-order valence-electron chi connectivity index (χ4n) is 2.38. The van der Waals surface area contributed by atoms with Crippen LogP contribution in [-0.4, -0.2) is 5.11 Å². The first-order valence-electron chi connectivity index (χ1n) is 5.60. The molecule has 0 radical (unpaired) electrons. The molecule has 1 N–H and O–H groups in total. The van der Waals surface area contributed by atoms with Gasteiger partial charge in [0.1, 0.15) is 0 Å². The van der Waals surface area contributed by atoms with E-state index in [1.165, 1.54) is 37.7 Å². The number of aliphatic hydroxyl groups excluding tert-OH is 1. The minimum Gasteiger partial charge on any atom is -0.392 e. The van der Waals surface area contributed by atoms with Crippen LogP contribution < -0.4 is 0 Å². The minimum absolute atomic E-state index is 0.167. The van der Waals surface area contributed by atoms with Crippen molar-refractivity contribution in [1.29, 1.82) is 0 Å². The molecule has 0 aliphatic heterocycles. The molecule has 1 aromatic carbocycles. The third-order valence-corrected chi connectivity index (χ3v) is 3.21. The Labute approximate surface area is 85.8 Å². The molecule has 1 aliphatic rings. The van der Waals surface area contributed by atoms with E-state index in [9.17, 15) is 0 Å². The van der Waals surface area contributed by atoms with Crippen molar-refractivity contribution in [2.45, 2.75) is 44.6 Å². The highest BCUT2D eigenvalue weighted by Gasteiger charge is 2.15. The second-order valence-corrected chi connectivity index (χ2v) is 4.24. The van der Waals surface area contributed by atoms with E-state index < -0.39 is 0 Å². The van der Waals surface area contributed by atoms with Crippen molar-refractivity contribution in [2.24, 2.45) is 0 Å². The van der Waals surface area contributed by atoms with Crippen LogP contribution in [0, 0.1) is 0 Å². The summed E-state index contributed by atoms with van der Waals surface area (Å²) in [5.41, 5.74) is 2.48. The second-order valence-electron chi connectivity index (χ2n) is 4.24. The Hall–Kier alpha value is -0.820. The maximum atomic E-state index is 9.06. The molecule has 1 fully saturated rings. The number of hydrogen-bond donors (Lipinski definition) is 1. The van der Waals surface area contributed by atoms with Gasteiger partial charge in [-0.05, 0) is 29.9 Å². The van der Waals surface area contributed by atoms with Gasteiger partial charge in [-0.25, -0.2) is 0 Å². The summed E-state index contributed by atoms with van der Waals surface area (Å²) in [4.78, 5) is 0. The molecule has 0 aromatic heterocycles.